The number of amides is 1. The highest BCUT2D eigenvalue weighted by atomic mass is 79.9. The topological polar surface area (TPSA) is 44.9 Å². The Labute approximate surface area is 108 Å². The second kappa shape index (κ2) is 4.18. The van der Waals surface area contributed by atoms with Crippen LogP contribution in [-0.2, 0) is 11.2 Å². The van der Waals surface area contributed by atoms with Gasteiger partial charge in [-0.1, -0.05) is 15.9 Å². The van der Waals surface area contributed by atoms with E-state index < -0.39 is 0 Å². The second-order valence-electron chi connectivity index (χ2n) is 4.44. The Bertz CT molecular complexity index is 576. The molecule has 1 heterocycles. The maximum absolute atomic E-state index is 10.6. The highest BCUT2D eigenvalue weighted by molar-refractivity contribution is 9.10. The van der Waals surface area contributed by atoms with Crippen molar-refractivity contribution >= 4 is 33.2 Å². The Morgan fingerprint density at radius 3 is 3.18 bits per heavy atom. The zero-order chi connectivity index (χ0) is 11.8. The number of rotatable bonds is 2. The van der Waals surface area contributed by atoms with Crippen molar-refractivity contribution in [2.45, 2.75) is 25.3 Å². The SMILES string of the molecule is O=CNC1CCCc2c1[nH]c1ccc(Br)cc21. The van der Waals surface area contributed by atoms with Gasteiger partial charge in [0.15, 0.2) is 0 Å². The molecule has 1 aromatic carbocycles. The van der Waals surface area contributed by atoms with Crippen molar-refractivity contribution in [3.8, 4) is 0 Å². The zero-order valence-corrected chi connectivity index (χ0v) is 10.9. The number of hydrogen-bond acceptors (Lipinski definition) is 1. The van der Waals surface area contributed by atoms with E-state index in [1.54, 1.807) is 0 Å². The first-order valence-corrected chi connectivity index (χ1v) is 6.58. The summed E-state index contributed by atoms with van der Waals surface area (Å²) in [4.78, 5) is 14.1. The molecule has 1 aromatic heterocycles. The van der Waals surface area contributed by atoms with E-state index in [-0.39, 0.29) is 6.04 Å². The Balaban J connectivity index is 2.18. The summed E-state index contributed by atoms with van der Waals surface area (Å²) in [7, 11) is 0. The van der Waals surface area contributed by atoms with Crippen molar-refractivity contribution in [3.63, 3.8) is 0 Å². The van der Waals surface area contributed by atoms with Crippen LogP contribution in [0.2, 0.25) is 0 Å². The average molecular weight is 293 g/mol. The van der Waals surface area contributed by atoms with E-state index in [0.717, 1.165) is 35.7 Å². The van der Waals surface area contributed by atoms with Gasteiger partial charge in [-0.05, 0) is 43.0 Å². The van der Waals surface area contributed by atoms with Crippen LogP contribution in [0, 0.1) is 0 Å². The Hall–Kier alpha value is -1.29. The van der Waals surface area contributed by atoms with Crippen molar-refractivity contribution in [1.82, 2.24) is 10.3 Å². The van der Waals surface area contributed by atoms with E-state index in [4.69, 9.17) is 0 Å². The molecule has 0 saturated heterocycles. The van der Waals surface area contributed by atoms with Gasteiger partial charge in [-0.25, -0.2) is 0 Å². The van der Waals surface area contributed by atoms with E-state index in [2.05, 4.69) is 38.4 Å². The summed E-state index contributed by atoms with van der Waals surface area (Å²) in [5.41, 5.74) is 3.68. The molecule has 17 heavy (non-hydrogen) atoms. The first-order valence-electron chi connectivity index (χ1n) is 5.79. The first-order chi connectivity index (χ1) is 8.29. The maximum Gasteiger partial charge on any atom is 0.207 e. The minimum atomic E-state index is 0.141. The molecule has 0 bridgehead atoms. The number of aromatic nitrogens is 1. The maximum atomic E-state index is 10.6. The van der Waals surface area contributed by atoms with Gasteiger partial charge < -0.3 is 10.3 Å². The minimum absolute atomic E-state index is 0.141. The summed E-state index contributed by atoms with van der Waals surface area (Å²) in [6, 6.07) is 6.40. The molecule has 0 radical (unpaired) electrons. The summed E-state index contributed by atoms with van der Waals surface area (Å²) in [5, 5.41) is 4.16. The molecule has 2 N–H and O–H groups in total. The molecule has 3 rings (SSSR count). The number of fused-ring (bicyclic) bond motifs is 3. The fourth-order valence-corrected chi connectivity index (χ4v) is 3.04. The van der Waals surface area contributed by atoms with Crippen LogP contribution in [0.25, 0.3) is 10.9 Å². The van der Waals surface area contributed by atoms with Crippen LogP contribution in [0.15, 0.2) is 22.7 Å². The molecule has 0 aliphatic heterocycles. The standard InChI is InChI=1S/C13H13BrN2O/c14-8-4-5-11-10(6-8)9-2-1-3-12(15-7-17)13(9)16-11/h4-7,12,16H,1-3H2,(H,15,17). The summed E-state index contributed by atoms with van der Waals surface area (Å²) in [6.07, 6.45) is 4.02. The number of aryl methyl sites for hydroxylation is 1. The van der Waals surface area contributed by atoms with Crippen molar-refractivity contribution in [2.24, 2.45) is 0 Å². The molecule has 1 atom stereocenters. The predicted molar refractivity (Wildman–Crippen MR) is 70.9 cm³/mol. The van der Waals surface area contributed by atoms with Crippen LogP contribution in [0.3, 0.4) is 0 Å². The molecule has 0 spiro atoms. The molecule has 1 aliphatic rings. The molecule has 3 nitrogen and oxygen atoms in total. The number of carbonyl (C=O) groups excluding carboxylic acids is 1. The summed E-state index contributed by atoms with van der Waals surface area (Å²) >= 11 is 3.51. The molecule has 2 aromatic rings. The van der Waals surface area contributed by atoms with Crippen LogP contribution in [0.5, 0.6) is 0 Å². The van der Waals surface area contributed by atoms with E-state index in [1.807, 2.05) is 6.07 Å². The largest absolute Gasteiger partial charge is 0.356 e. The Morgan fingerprint density at radius 2 is 2.35 bits per heavy atom. The van der Waals surface area contributed by atoms with Gasteiger partial charge in [0.2, 0.25) is 6.41 Å². The quantitative estimate of drug-likeness (QED) is 0.821. The molecular formula is C13H13BrN2O. The second-order valence-corrected chi connectivity index (χ2v) is 5.35. The number of nitrogens with one attached hydrogen (secondary N) is 2. The number of aromatic amines is 1. The van der Waals surface area contributed by atoms with Gasteiger partial charge >= 0.3 is 0 Å². The van der Waals surface area contributed by atoms with E-state index in [9.17, 15) is 4.79 Å². The van der Waals surface area contributed by atoms with Crippen LogP contribution < -0.4 is 5.32 Å². The normalized spacial score (nSPS) is 19.0. The van der Waals surface area contributed by atoms with Crippen molar-refractivity contribution in [2.75, 3.05) is 0 Å². The number of carbonyl (C=O) groups is 1. The lowest BCUT2D eigenvalue weighted by atomic mass is 9.92. The van der Waals surface area contributed by atoms with Crippen molar-refractivity contribution < 1.29 is 4.79 Å². The monoisotopic (exact) mass is 292 g/mol. The fourth-order valence-electron chi connectivity index (χ4n) is 2.68. The van der Waals surface area contributed by atoms with Crippen LogP contribution in [0.4, 0.5) is 0 Å². The van der Waals surface area contributed by atoms with Gasteiger partial charge in [-0.15, -0.1) is 0 Å². The summed E-state index contributed by atoms with van der Waals surface area (Å²) in [6.45, 7) is 0. The zero-order valence-electron chi connectivity index (χ0n) is 9.29. The summed E-state index contributed by atoms with van der Waals surface area (Å²) < 4.78 is 1.09. The third-order valence-corrected chi connectivity index (χ3v) is 3.93. The highest BCUT2D eigenvalue weighted by Crippen LogP contribution is 2.35. The first kappa shape index (κ1) is 10.8. The molecule has 4 heteroatoms. The van der Waals surface area contributed by atoms with Crippen LogP contribution in [0.1, 0.15) is 30.1 Å². The van der Waals surface area contributed by atoms with Crippen molar-refractivity contribution in [3.05, 3.63) is 33.9 Å². The van der Waals surface area contributed by atoms with Gasteiger partial charge in [0.25, 0.3) is 0 Å². The lowest BCUT2D eigenvalue weighted by molar-refractivity contribution is -0.110. The van der Waals surface area contributed by atoms with E-state index >= 15 is 0 Å². The number of benzene rings is 1. The number of halogens is 1. The van der Waals surface area contributed by atoms with Crippen molar-refractivity contribution in [1.29, 1.82) is 0 Å². The smallest absolute Gasteiger partial charge is 0.207 e. The minimum Gasteiger partial charge on any atom is -0.356 e. The average Bonchev–Trinajstić information content (AvgIpc) is 2.69. The van der Waals surface area contributed by atoms with Gasteiger partial charge in [-0.2, -0.15) is 0 Å². The lowest BCUT2D eigenvalue weighted by Crippen LogP contribution is -2.23. The Kier molecular flexibility index (Phi) is 2.67. The third-order valence-electron chi connectivity index (χ3n) is 3.44. The molecule has 88 valence electrons. The molecule has 0 fully saturated rings. The van der Waals surface area contributed by atoms with E-state index in [1.165, 1.54) is 16.6 Å². The van der Waals surface area contributed by atoms with Crippen LogP contribution >= 0.6 is 15.9 Å². The van der Waals surface area contributed by atoms with Crippen LogP contribution in [-0.4, -0.2) is 11.4 Å². The lowest BCUT2D eigenvalue weighted by Gasteiger charge is -2.21. The molecule has 1 amide bonds. The molecule has 1 aliphatic carbocycles. The predicted octanol–water partition coefficient (Wildman–Crippen LogP) is 3.05. The van der Waals surface area contributed by atoms with E-state index in [0.29, 0.717) is 0 Å². The Morgan fingerprint density at radius 1 is 1.47 bits per heavy atom. The third kappa shape index (κ3) is 1.76. The molecule has 0 saturated carbocycles. The molecular weight excluding hydrogens is 280 g/mol. The fraction of sp³-hybridized carbons (Fsp3) is 0.308. The molecule has 1 unspecified atom stereocenters. The summed E-state index contributed by atoms with van der Waals surface area (Å²) in [5.74, 6) is 0. The van der Waals surface area contributed by atoms with Gasteiger partial charge in [-0.3, -0.25) is 4.79 Å². The van der Waals surface area contributed by atoms with Gasteiger partial charge in [0.1, 0.15) is 0 Å². The van der Waals surface area contributed by atoms with Gasteiger partial charge in [0.05, 0.1) is 6.04 Å². The highest BCUT2D eigenvalue weighted by Gasteiger charge is 2.23. The van der Waals surface area contributed by atoms with Gasteiger partial charge in [0, 0.05) is 21.1 Å². The number of H-pyrrole nitrogens is 1. The number of hydrogen-bond donors (Lipinski definition) is 2.